The highest BCUT2D eigenvalue weighted by Gasteiger charge is 2.27. The van der Waals surface area contributed by atoms with E-state index in [1.165, 1.54) is 16.5 Å². The SMILES string of the molecule is CCCCC(CC(=O)c1cnc(N2CCN(C(C)(C)C)CC2)s1)Cc1c[nH]c2ccccc12. The molecule has 1 atom stereocenters. The molecule has 33 heavy (non-hydrogen) atoms. The Hall–Kier alpha value is -2.18. The second-order valence-corrected chi connectivity index (χ2v) is 11.4. The molecule has 6 heteroatoms. The molecule has 5 nitrogen and oxygen atoms in total. The smallest absolute Gasteiger partial charge is 0.186 e. The summed E-state index contributed by atoms with van der Waals surface area (Å²) in [6.07, 6.45) is 8.87. The van der Waals surface area contributed by atoms with Crippen molar-refractivity contribution >= 4 is 33.2 Å². The molecule has 1 aliphatic rings. The first-order valence-corrected chi connectivity index (χ1v) is 13.2. The number of unbranched alkanes of at least 4 members (excludes halogenated alkanes) is 1. The molecule has 0 bridgehead atoms. The molecule has 2 aromatic heterocycles. The Morgan fingerprint density at radius 1 is 1.18 bits per heavy atom. The molecular formula is C27H38N4OS. The highest BCUT2D eigenvalue weighted by Crippen LogP contribution is 2.30. The molecule has 1 unspecified atom stereocenters. The van der Waals surface area contributed by atoms with Crippen molar-refractivity contribution < 1.29 is 4.79 Å². The predicted molar refractivity (Wildman–Crippen MR) is 140 cm³/mol. The van der Waals surface area contributed by atoms with E-state index >= 15 is 0 Å². The number of carbonyl (C=O) groups excluding carboxylic acids is 1. The van der Waals surface area contributed by atoms with Gasteiger partial charge in [0, 0.05) is 55.2 Å². The molecular weight excluding hydrogens is 428 g/mol. The molecule has 1 aromatic carbocycles. The number of H-pyrrole nitrogens is 1. The summed E-state index contributed by atoms with van der Waals surface area (Å²) in [5.74, 6) is 0.602. The van der Waals surface area contributed by atoms with Gasteiger partial charge in [-0.05, 0) is 51.2 Å². The summed E-state index contributed by atoms with van der Waals surface area (Å²) in [7, 11) is 0. The maximum absolute atomic E-state index is 13.2. The van der Waals surface area contributed by atoms with Gasteiger partial charge in [-0.3, -0.25) is 9.69 Å². The average Bonchev–Trinajstić information content (AvgIpc) is 3.45. The van der Waals surface area contributed by atoms with E-state index < -0.39 is 0 Å². The summed E-state index contributed by atoms with van der Waals surface area (Å²) in [5, 5.41) is 2.27. The summed E-state index contributed by atoms with van der Waals surface area (Å²) in [4.78, 5) is 26.9. The van der Waals surface area contributed by atoms with Crippen LogP contribution in [-0.4, -0.2) is 52.4 Å². The monoisotopic (exact) mass is 466 g/mol. The standard InChI is InChI=1S/C27H38N4OS/c1-5-6-9-20(16-21-18-28-23-11-8-7-10-22(21)23)17-24(32)25-19-29-26(33-25)30-12-14-31(15-13-30)27(2,3)4/h7-8,10-11,18-20,28H,5-6,9,12-17H2,1-4H3. The van der Waals surface area contributed by atoms with Crippen molar-refractivity contribution in [1.29, 1.82) is 0 Å². The number of para-hydroxylation sites is 1. The van der Waals surface area contributed by atoms with Crippen LogP contribution < -0.4 is 4.90 Å². The molecule has 1 N–H and O–H groups in total. The number of hydrogen-bond donors (Lipinski definition) is 1. The number of piperazine rings is 1. The lowest BCUT2D eigenvalue weighted by molar-refractivity contribution is 0.0962. The van der Waals surface area contributed by atoms with Crippen molar-refractivity contribution in [2.75, 3.05) is 31.1 Å². The molecule has 1 aliphatic heterocycles. The normalized spacial score (nSPS) is 16.4. The molecule has 0 radical (unpaired) electrons. The number of carbonyl (C=O) groups is 1. The van der Waals surface area contributed by atoms with Gasteiger partial charge in [-0.15, -0.1) is 0 Å². The van der Waals surface area contributed by atoms with E-state index in [1.807, 2.05) is 0 Å². The van der Waals surface area contributed by atoms with Gasteiger partial charge in [0.2, 0.25) is 0 Å². The lowest BCUT2D eigenvalue weighted by atomic mass is 9.89. The number of nitrogens with one attached hydrogen (secondary N) is 1. The fourth-order valence-corrected chi connectivity index (χ4v) is 5.77. The van der Waals surface area contributed by atoms with Gasteiger partial charge in [0.05, 0.1) is 11.1 Å². The van der Waals surface area contributed by atoms with Crippen LogP contribution in [0.2, 0.25) is 0 Å². The lowest BCUT2D eigenvalue weighted by Crippen LogP contribution is -2.53. The molecule has 3 aromatic rings. The van der Waals surface area contributed by atoms with Gasteiger partial charge >= 0.3 is 0 Å². The highest BCUT2D eigenvalue weighted by atomic mass is 32.1. The largest absolute Gasteiger partial charge is 0.361 e. The third-order valence-corrected chi connectivity index (χ3v) is 7.99. The topological polar surface area (TPSA) is 52.2 Å². The molecule has 178 valence electrons. The van der Waals surface area contributed by atoms with E-state index in [0.717, 1.165) is 61.9 Å². The highest BCUT2D eigenvalue weighted by molar-refractivity contribution is 7.17. The molecule has 3 heterocycles. The van der Waals surface area contributed by atoms with Crippen LogP contribution in [0.4, 0.5) is 5.13 Å². The van der Waals surface area contributed by atoms with Gasteiger partial charge in [0.15, 0.2) is 10.9 Å². The number of nitrogens with zero attached hydrogens (tertiary/aromatic N) is 3. The van der Waals surface area contributed by atoms with E-state index in [1.54, 1.807) is 17.5 Å². The fraction of sp³-hybridized carbons (Fsp3) is 0.556. The minimum atomic E-state index is 0.203. The number of aromatic nitrogens is 2. The zero-order valence-corrected chi connectivity index (χ0v) is 21.4. The Balaban J connectivity index is 1.40. The number of Topliss-reactive ketones (excluding diaryl/α,β-unsaturated/α-hetero) is 1. The Labute approximate surface area is 202 Å². The molecule has 0 saturated carbocycles. The van der Waals surface area contributed by atoms with E-state index in [2.05, 4.69) is 77.9 Å². The van der Waals surface area contributed by atoms with Crippen LogP contribution in [0.15, 0.2) is 36.7 Å². The second kappa shape index (κ2) is 10.4. The molecule has 4 rings (SSSR count). The number of thiazole rings is 1. The quantitative estimate of drug-likeness (QED) is 0.383. The van der Waals surface area contributed by atoms with Crippen LogP contribution >= 0.6 is 11.3 Å². The number of rotatable bonds is 9. The van der Waals surface area contributed by atoms with Crippen molar-refractivity contribution in [3.8, 4) is 0 Å². The summed E-state index contributed by atoms with van der Waals surface area (Å²) >= 11 is 1.57. The first-order chi connectivity index (χ1) is 15.8. The number of benzene rings is 1. The Morgan fingerprint density at radius 3 is 2.67 bits per heavy atom. The predicted octanol–water partition coefficient (Wildman–Crippen LogP) is 6.17. The van der Waals surface area contributed by atoms with E-state index in [-0.39, 0.29) is 11.3 Å². The Kier molecular flexibility index (Phi) is 7.55. The molecule has 0 aliphatic carbocycles. The number of ketones is 1. The van der Waals surface area contributed by atoms with Crippen molar-refractivity contribution in [1.82, 2.24) is 14.9 Å². The van der Waals surface area contributed by atoms with Gasteiger partial charge < -0.3 is 9.88 Å². The minimum absolute atomic E-state index is 0.203. The summed E-state index contributed by atoms with van der Waals surface area (Å²) in [5.41, 5.74) is 2.70. The van der Waals surface area contributed by atoms with Gasteiger partial charge in [-0.1, -0.05) is 49.3 Å². The zero-order valence-electron chi connectivity index (χ0n) is 20.6. The van der Waals surface area contributed by atoms with E-state index in [4.69, 9.17) is 0 Å². The number of fused-ring (bicyclic) bond motifs is 1. The lowest BCUT2D eigenvalue weighted by Gasteiger charge is -2.42. The average molecular weight is 467 g/mol. The molecule has 0 amide bonds. The summed E-state index contributed by atoms with van der Waals surface area (Å²) in [6.45, 7) is 13.1. The second-order valence-electron chi connectivity index (χ2n) is 10.4. The van der Waals surface area contributed by atoms with Crippen molar-refractivity contribution in [3.05, 3.63) is 47.1 Å². The van der Waals surface area contributed by atoms with Crippen LogP contribution in [-0.2, 0) is 6.42 Å². The third-order valence-electron chi connectivity index (χ3n) is 6.89. The number of aromatic amines is 1. The fourth-order valence-electron chi connectivity index (χ4n) is 4.85. The number of hydrogen-bond acceptors (Lipinski definition) is 5. The van der Waals surface area contributed by atoms with Crippen molar-refractivity contribution in [2.45, 2.75) is 65.3 Å². The van der Waals surface area contributed by atoms with Crippen LogP contribution in [0.1, 0.15) is 68.6 Å². The Morgan fingerprint density at radius 2 is 1.94 bits per heavy atom. The third kappa shape index (κ3) is 5.85. The summed E-state index contributed by atoms with van der Waals surface area (Å²) in [6, 6.07) is 8.44. The van der Waals surface area contributed by atoms with Gasteiger partial charge in [0.25, 0.3) is 0 Å². The van der Waals surface area contributed by atoms with Crippen molar-refractivity contribution in [2.24, 2.45) is 5.92 Å². The number of anilines is 1. The molecule has 0 spiro atoms. The first kappa shape index (κ1) is 24.0. The summed E-state index contributed by atoms with van der Waals surface area (Å²) < 4.78 is 0. The Bertz CT molecular complexity index is 1060. The minimum Gasteiger partial charge on any atom is -0.361 e. The van der Waals surface area contributed by atoms with Gasteiger partial charge in [0.1, 0.15) is 0 Å². The van der Waals surface area contributed by atoms with E-state index in [9.17, 15) is 4.79 Å². The maximum Gasteiger partial charge on any atom is 0.186 e. The first-order valence-electron chi connectivity index (χ1n) is 12.4. The van der Waals surface area contributed by atoms with Crippen LogP contribution in [0.25, 0.3) is 10.9 Å². The maximum atomic E-state index is 13.2. The molecule has 1 fully saturated rings. The van der Waals surface area contributed by atoms with Crippen molar-refractivity contribution in [3.63, 3.8) is 0 Å². The van der Waals surface area contributed by atoms with E-state index in [0.29, 0.717) is 12.3 Å². The van der Waals surface area contributed by atoms with Crippen LogP contribution in [0.5, 0.6) is 0 Å². The van der Waals surface area contributed by atoms with Gasteiger partial charge in [-0.2, -0.15) is 0 Å². The molecule has 1 saturated heterocycles. The van der Waals surface area contributed by atoms with Crippen LogP contribution in [0.3, 0.4) is 0 Å². The van der Waals surface area contributed by atoms with Gasteiger partial charge in [-0.25, -0.2) is 4.98 Å². The zero-order chi connectivity index (χ0) is 23.4. The van der Waals surface area contributed by atoms with Crippen LogP contribution in [0, 0.1) is 5.92 Å².